The Morgan fingerprint density at radius 1 is 1.23 bits per heavy atom. The molecular weight excluding hydrogens is 356 g/mol. The van der Waals surface area contributed by atoms with Crippen LogP contribution in [0.2, 0.25) is 0 Å². The van der Waals surface area contributed by atoms with Gasteiger partial charge in [0.05, 0.1) is 24.5 Å². The van der Waals surface area contributed by atoms with E-state index in [-0.39, 0.29) is 53.9 Å². The Morgan fingerprint density at radius 2 is 1.85 bits per heavy atom. The molecule has 0 aromatic carbocycles. The average Bonchev–Trinajstić information content (AvgIpc) is 2.70. The molecule has 3 saturated carbocycles. The molecule has 26 heavy (non-hydrogen) atoms. The highest BCUT2D eigenvalue weighted by Gasteiger charge is 2.67. The summed E-state index contributed by atoms with van der Waals surface area (Å²) in [6.07, 6.45) is 0.390. The Bertz CT molecular complexity index is 617. The average molecular weight is 387 g/mol. The first-order chi connectivity index (χ1) is 11.4. The van der Waals surface area contributed by atoms with Gasteiger partial charge in [0.1, 0.15) is 5.78 Å². The second kappa shape index (κ2) is 6.88. The van der Waals surface area contributed by atoms with Crippen molar-refractivity contribution in [3.8, 4) is 0 Å². The van der Waals surface area contributed by atoms with E-state index in [0.717, 1.165) is 6.42 Å². The molecule has 1 heterocycles. The SMILES string of the molecule is CC1CC2(C)CC(=O)C1C1C(=O)N(CC(O)CNC(C)(C)C)C(=O)C12.Cl. The molecule has 4 aliphatic rings. The van der Waals surface area contributed by atoms with Gasteiger partial charge in [-0.15, -0.1) is 12.4 Å². The number of carbonyl (C=O) groups excluding carboxylic acids is 3. The summed E-state index contributed by atoms with van der Waals surface area (Å²) in [4.78, 5) is 39.6. The lowest BCUT2D eigenvalue weighted by Crippen LogP contribution is -2.56. The van der Waals surface area contributed by atoms with Gasteiger partial charge in [-0.05, 0) is 38.5 Å². The highest BCUT2D eigenvalue weighted by atomic mass is 35.5. The van der Waals surface area contributed by atoms with E-state index in [4.69, 9.17) is 0 Å². The van der Waals surface area contributed by atoms with Crippen LogP contribution in [-0.2, 0) is 14.4 Å². The Kier molecular flexibility index (Phi) is 5.64. The standard InChI is InChI=1S/C19H30N2O4.ClH/c1-10-6-19(5)7-12(23)13(10)14-15(19)17(25)21(16(14)24)9-11(22)8-20-18(2,3)4;/h10-11,13-15,20,22H,6-9H2,1-5H3;1H. The van der Waals surface area contributed by atoms with Gasteiger partial charge in [-0.3, -0.25) is 19.3 Å². The number of ketones is 1. The molecule has 4 rings (SSSR count). The Balaban J connectivity index is 0.00000243. The number of likely N-dealkylation sites (tertiary alicyclic amines) is 1. The minimum Gasteiger partial charge on any atom is -0.390 e. The van der Waals surface area contributed by atoms with Gasteiger partial charge in [-0.25, -0.2) is 0 Å². The number of Topliss-reactive ketones (excluding diaryl/α,β-unsaturated/α-hetero) is 1. The number of carbonyl (C=O) groups is 3. The Hall–Kier alpha value is -0.980. The van der Waals surface area contributed by atoms with E-state index < -0.39 is 23.4 Å². The van der Waals surface area contributed by atoms with E-state index in [0.29, 0.717) is 13.0 Å². The number of hydrogen-bond acceptors (Lipinski definition) is 5. The summed E-state index contributed by atoms with van der Waals surface area (Å²) in [7, 11) is 0. The van der Waals surface area contributed by atoms with Crippen LogP contribution in [0.4, 0.5) is 0 Å². The largest absolute Gasteiger partial charge is 0.390 e. The van der Waals surface area contributed by atoms with E-state index in [1.165, 1.54) is 4.90 Å². The highest BCUT2D eigenvalue weighted by molar-refractivity contribution is 6.09. The number of fused-ring (bicyclic) bond motifs is 2. The van der Waals surface area contributed by atoms with Crippen molar-refractivity contribution >= 4 is 30.0 Å². The fourth-order valence-corrected chi connectivity index (χ4v) is 5.28. The number of rotatable bonds is 4. The molecule has 2 N–H and O–H groups in total. The fourth-order valence-electron chi connectivity index (χ4n) is 5.28. The van der Waals surface area contributed by atoms with Gasteiger partial charge in [0.15, 0.2) is 0 Å². The third-order valence-corrected chi connectivity index (χ3v) is 6.19. The maximum Gasteiger partial charge on any atom is 0.233 e. The van der Waals surface area contributed by atoms with Gasteiger partial charge in [0.25, 0.3) is 0 Å². The predicted octanol–water partition coefficient (Wildman–Crippen LogP) is 1.39. The normalized spacial score (nSPS) is 37.6. The van der Waals surface area contributed by atoms with Gasteiger partial charge >= 0.3 is 0 Å². The third kappa shape index (κ3) is 3.43. The van der Waals surface area contributed by atoms with Crippen LogP contribution in [0.5, 0.6) is 0 Å². The molecular formula is C19H31ClN2O4. The molecule has 2 amide bonds. The number of hydrogen-bond donors (Lipinski definition) is 2. The molecule has 2 bridgehead atoms. The zero-order valence-corrected chi connectivity index (χ0v) is 17.1. The second-order valence-corrected chi connectivity index (χ2v) is 9.58. The summed E-state index contributed by atoms with van der Waals surface area (Å²) in [5, 5.41) is 13.5. The van der Waals surface area contributed by atoms with Gasteiger partial charge in [-0.1, -0.05) is 13.8 Å². The second-order valence-electron chi connectivity index (χ2n) is 9.58. The van der Waals surface area contributed by atoms with Crippen molar-refractivity contribution in [3.63, 3.8) is 0 Å². The summed E-state index contributed by atoms with van der Waals surface area (Å²) in [6.45, 7) is 10.3. The topological polar surface area (TPSA) is 86.7 Å². The first-order valence-corrected chi connectivity index (χ1v) is 9.26. The lowest BCUT2D eigenvalue weighted by molar-refractivity contribution is -0.157. The predicted molar refractivity (Wildman–Crippen MR) is 99.7 cm³/mol. The van der Waals surface area contributed by atoms with Gasteiger partial charge < -0.3 is 10.4 Å². The molecule has 1 saturated heterocycles. The van der Waals surface area contributed by atoms with Crippen molar-refractivity contribution in [3.05, 3.63) is 0 Å². The number of aliphatic hydroxyl groups excluding tert-OH is 1. The molecule has 0 radical (unpaired) electrons. The maximum absolute atomic E-state index is 13.0. The highest BCUT2D eigenvalue weighted by Crippen LogP contribution is 2.60. The van der Waals surface area contributed by atoms with Crippen molar-refractivity contribution in [2.24, 2.45) is 29.1 Å². The molecule has 4 fully saturated rings. The number of nitrogens with one attached hydrogen (secondary N) is 1. The van der Waals surface area contributed by atoms with Crippen LogP contribution >= 0.6 is 12.4 Å². The smallest absolute Gasteiger partial charge is 0.233 e. The van der Waals surface area contributed by atoms with E-state index in [1.54, 1.807) is 0 Å². The first-order valence-electron chi connectivity index (χ1n) is 9.26. The zero-order valence-electron chi connectivity index (χ0n) is 16.2. The maximum atomic E-state index is 13.0. The number of amides is 2. The number of halogens is 1. The summed E-state index contributed by atoms with van der Waals surface area (Å²) in [5.74, 6) is -1.46. The molecule has 0 aromatic heterocycles. The number of β-amino-alcohol motifs (C(OH)–C–C–N with tert-alkyl or cyclic N) is 1. The Morgan fingerprint density at radius 3 is 2.38 bits per heavy atom. The molecule has 6 atom stereocenters. The van der Waals surface area contributed by atoms with Crippen LogP contribution < -0.4 is 5.32 Å². The van der Waals surface area contributed by atoms with Gasteiger partial charge in [0.2, 0.25) is 11.8 Å². The summed E-state index contributed by atoms with van der Waals surface area (Å²) in [6, 6.07) is 0. The van der Waals surface area contributed by atoms with E-state index in [1.807, 2.05) is 34.6 Å². The molecule has 148 valence electrons. The van der Waals surface area contributed by atoms with Crippen LogP contribution in [0.1, 0.15) is 47.5 Å². The first kappa shape index (κ1) is 21.3. The minimum absolute atomic E-state index is 0. The van der Waals surface area contributed by atoms with Crippen molar-refractivity contribution in [2.75, 3.05) is 13.1 Å². The molecule has 1 aliphatic heterocycles. The molecule has 0 aromatic rings. The number of nitrogens with zero attached hydrogens (tertiary/aromatic N) is 1. The number of aliphatic hydroxyl groups is 1. The Labute approximate surface area is 161 Å². The van der Waals surface area contributed by atoms with Crippen molar-refractivity contribution in [2.45, 2.75) is 59.1 Å². The van der Waals surface area contributed by atoms with Crippen molar-refractivity contribution < 1.29 is 19.5 Å². The van der Waals surface area contributed by atoms with E-state index >= 15 is 0 Å². The van der Waals surface area contributed by atoms with Crippen LogP contribution in [0, 0.1) is 29.1 Å². The lowest BCUT2D eigenvalue weighted by Gasteiger charge is -2.52. The fraction of sp³-hybridized carbons (Fsp3) is 0.842. The molecule has 3 aliphatic carbocycles. The quantitative estimate of drug-likeness (QED) is 0.713. The molecule has 6 nitrogen and oxygen atoms in total. The van der Waals surface area contributed by atoms with Crippen LogP contribution in [0.3, 0.4) is 0 Å². The zero-order chi connectivity index (χ0) is 18.7. The van der Waals surface area contributed by atoms with Crippen molar-refractivity contribution in [1.29, 1.82) is 0 Å². The summed E-state index contributed by atoms with van der Waals surface area (Å²) >= 11 is 0. The van der Waals surface area contributed by atoms with Gasteiger partial charge in [0, 0.05) is 24.4 Å². The molecule has 7 heteroatoms. The van der Waals surface area contributed by atoms with Crippen molar-refractivity contribution in [1.82, 2.24) is 10.2 Å². The monoisotopic (exact) mass is 386 g/mol. The van der Waals surface area contributed by atoms with Crippen LogP contribution in [0.15, 0.2) is 0 Å². The van der Waals surface area contributed by atoms with E-state index in [2.05, 4.69) is 5.32 Å². The minimum atomic E-state index is -0.814. The third-order valence-electron chi connectivity index (χ3n) is 6.19. The van der Waals surface area contributed by atoms with E-state index in [9.17, 15) is 19.5 Å². The molecule has 6 unspecified atom stereocenters. The summed E-state index contributed by atoms with van der Waals surface area (Å²) in [5.41, 5.74) is -0.575. The summed E-state index contributed by atoms with van der Waals surface area (Å²) < 4.78 is 0. The number of imide groups is 1. The van der Waals surface area contributed by atoms with Gasteiger partial charge in [-0.2, -0.15) is 0 Å². The molecule has 0 spiro atoms. The van der Waals surface area contributed by atoms with Crippen LogP contribution in [-0.4, -0.2) is 52.3 Å². The lowest BCUT2D eigenvalue weighted by atomic mass is 9.48. The van der Waals surface area contributed by atoms with Crippen LogP contribution in [0.25, 0.3) is 0 Å².